The fourth-order valence-corrected chi connectivity index (χ4v) is 2.76. The first-order chi connectivity index (χ1) is 14.9. The van der Waals surface area contributed by atoms with Crippen molar-refractivity contribution in [2.45, 2.75) is 31.6 Å². The maximum Gasteiger partial charge on any atom is 0.257 e. The van der Waals surface area contributed by atoms with Crippen LogP contribution in [0.15, 0.2) is 58.7 Å². The second-order valence-electron chi connectivity index (χ2n) is 6.88. The van der Waals surface area contributed by atoms with Crippen LogP contribution < -0.4 is 16.0 Å². The molecule has 31 heavy (non-hydrogen) atoms. The molecular formula is C21H25F2N5O3. The standard InChI is InChI=1S/C21H25F2N5O3/c1-13(12-29)25-21(27-20(30)15-5-9-17(23)10-6-15)26-19(28-31)11-18(24-2)14-3-7-16(22)8-4-14/h3-10,13,18-19,24,29H,11-12H2,1-2H3,(H2,25,26,27,30)/t13-,18?,19?/m0/s1. The molecule has 0 saturated heterocycles. The van der Waals surface area contributed by atoms with Crippen LogP contribution in [0.25, 0.3) is 0 Å². The zero-order valence-corrected chi connectivity index (χ0v) is 17.2. The Bertz CT molecular complexity index is 891. The molecule has 3 atom stereocenters. The third kappa shape index (κ3) is 7.50. The second kappa shape index (κ2) is 11.8. The fourth-order valence-electron chi connectivity index (χ4n) is 2.76. The molecule has 2 rings (SSSR count). The number of rotatable bonds is 9. The number of aliphatic hydroxyl groups excluding tert-OH is 1. The summed E-state index contributed by atoms with van der Waals surface area (Å²) in [7, 11) is 1.68. The van der Waals surface area contributed by atoms with Crippen molar-refractivity contribution in [3.8, 4) is 0 Å². The maximum atomic E-state index is 13.2. The van der Waals surface area contributed by atoms with E-state index in [0.29, 0.717) is 0 Å². The van der Waals surface area contributed by atoms with Gasteiger partial charge in [-0.25, -0.2) is 13.8 Å². The molecular weight excluding hydrogens is 408 g/mol. The largest absolute Gasteiger partial charge is 0.394 e. The molecule has 1 amide bonds. The van der Waals surface area contributed by atoms with Crippen molar-refractivity contribution >= 4 is 11.9 Å². The van der Waals surface area contributed by atoms with Crippen LogP contribution in [0.2, 0.25) is 0 Å². The molecule has 0 aliphatic heterocycles. The summed E-state index contributed by atoms with van der Waals surface area (Å²) in [5, 5.41) is 20.7. The second-order valence-corrected chi connectivity index (χ2v) is 6.88. The van der Waals surface area contributed by atoms with Crippen LogP contribution in [-0.2, 0) is 0 Å². The van der Waals surface area contributed by atoms with Gasteiger partial charge in [0, 0.05) is 24.1 Å². The molecule has 2 aromatic rings. The van der Waals surface area contributed by atoms with Crippen molar-refractivity contribution in [1.29, 1.82) is 0 Å². The maximum absolute atomic E-state index is 13.2. The SMILES string of the molecule is CNC(CC(N=O)N=C(NC(=O)c1ccc(F)cc1)N[C@@H](C)CO)c1ccc(F)cc1. The normalized spacial score (nSPS) is 14.4. The number of guanidine groups is 1. The van der Waals surface area contributed by atoms with Crippen LogP contribution in [0.3, 0.4) is 0 Å². The zero-order chi connectivity index (χ0) is 22.8. The average molecular weight is 433 g/mol. The quantitative estimate of drug-likeness (QED) is 0.276. The third-order valence-electron chi connectivity index (χ3n) is 4.46. The number of nitrogens with zero attached hydrogens (tertiary/aromatic N) is 2. The molecule has 0 radical (unpaired) electrons. The van der Waals surface area contributed by atoms with Crippen molar-refractivity contribution in [2.24, 2.45) is 10.2 Å². The van der Waals surface area contributed by atoms with Crippen molar-refractivity contribution < 1.29 is 18.7 Å². The van der Waals surface area contributed by atoms with Gasteiger partial charge in [-0.3, -0.25) is 10.1 Å². The highest BCUT2D eigenvalue weighted by atomic mass is 19.1. The molecule has 0 saturated carbocycles. The number of benzene rings is 2. The monoisotopic (exact) mass is 433 g/mol. The Balaban J connectivity index is 2.21. The van der Waals surface area contributed by atoms with E-state index in [0.717, 1.165) is 17.7 Å². The lowest BCUT2D eigenvalue weighted by Gasteiger charge is -2.20. The van der Waals surface area contributed by atoms with Gasteiger partial charge in [0.2, 0.25) is 5.96 Å². The lowest BCUT2D eigenvalue weighted by atomic mass is 10.0. The summed E-state index contributed by atoms with van der Waals surface area (Å²) < 4.78 is 26.3. The molecule has 4 N–H and O–H groups in total. The molecule has 2 aromatic carbocycles. The molecule has 10 heteroatoms. The molecule has 0 heterocycles. The Kier molecular flexibility index (Phi) is 9.16. The van der Waals surface area contributed by atoms with Crippen LogP contribution in [0.5, 0.6) is 0 Å². The number of nitrogens with one attached hydrogen (secondary N) is 3. The highest BCUT2D eigenvalue weighted by Crippen LogP contribution is 2.20. The van der Waals surface area contributed by atoms with Gasteiger partial charge < -0.3 is 15.7 Å². The minimum absolute atomic E-state index is 0.0607. The van der Waals surface area contributed by atoms with Gasteiger partial charge in [0.05, 0.1) is 6.61 Å². The van der Waals surface area contributed by atoms with Crippen LogP contribution >= 0.6 is 0 Å². The summed E-state index contributed by atoms with van der Waals surface area (Å²) >= 11 is 0. The number of aliphatic imine (C=N–C) groups is 1. The van der Waals surface area contributed by atoms with E-state index in [1.54, 1.807) is 26.1 Å². The molecule has 8 nitrogen and oxygen atoms in total. The van der Waals surface area contributed by atoms with Crippen molar-refractivity contribution in [2.75, 3.05) is 13.7 Å². The lowest BCUT2D eigenvalue weighted by molar-refractivity contribution is 0.0975. The molecule has 166 valence electrons. The Hall–Kier alpha value is -3.24. The molecule has 0 spiro atoms. The lowest BCUT2D eigenvalue weighted by Crippen LogP contribution is -2.46. The minimum Gasteiger partial charge on any atom is -0.394 e. The average Bonchev–Trinajstić information content (AvgIpc) is 2.77. The van der Waals surface area contributed by atoms with Gasteiger partial charge in [-0.05, 0) is 61.1 Å². The van der Waals surface area contributed by atoms with E-state index in [-0.39, 0.29) is 36.4 Å². The van der Waals surface area contributed by atoms with Crippen molar-refractivity contribution in [3.05, 3.63) is 76.2 Å². The van der Waals surface area contributed by atoms with E-state index in [9.17, 15) is 23.6 Å². The molecule has 0 aromatic heterocycles. The van der Waals surface area contributed by atoms with Crippen molar-refractivity contribution in [1.82, 2.24) is 16.0 Å². The van der Waals surface area contributed by atoms with Gasteiger partial charge in [-0.15, -0.1) is 4.91 Å². The van der Waals surface area contributed by atoms with Gasteiger partial charge in [0.25, 0.3) is 5.91 Å². The van der Waals surface area contributed by atoms with E-state index in [2.05, 4.69) is 26.1 Å². The van der Waals surface area contributed by atoms with Crippen LogP contribution in [-0.4, -0.2) is 42.8 Å². The number of carbonyl (C=O) groups is 1. The minimum atomic E-state index is -1.09. The number of hydrogen-bond acceptors (Lipinski definition) is 6. The first-order valence-corrected chi connectivity index (χ1v) is 9.63. The van der Waals surface area contributed by atoms with Gasteiger partial charge in [0.1, 0.15) is 11.6 Å². The predicted octanol–water partition coefficient (Wildman–Crippen LogP) is 2.46. The van der Waals surface area contributed by atoms with Crippen LogP contribution in [0.4, 0.5) is 8.78 Å². The number of amides is 1. The highest BCUT2D eigenvalue weighted by Gasteiger charge is 2.19. The highest BCUT2D eigenvalue weighted by molar-refractivity contribution is 6.05. The van der Waals surface area contributed by atoms with E-state index >= 15 is 0 Å². The Morgan fingerprint density at radius 3 is 2.16 bits per heavy atom. The number of carbonyl (C=O) groups excluding carboxylic acids is 1. The van der Waals surface area contributed by atoms with Crippen LogP contribution in [0.1, 0.15) is 35.3 Å². The Labute approximate surface area is 178 Å². The molecule has 0 bridgehead atoms. The first kappa shape index (κ1) is 24.0. The smallest absolute Gasteiger partial charge is 0.257 e. The summed E-state index contributed by atoms with van der Waals surface area (Å²) in [6.45, 7) is 1.40. The van der Waals surface area contributed by atoms with E-state index in [1.807, 2.05) is 0 Å². The molecule has 2 unspecified atom stereocenters. The van der Waals surface area contributed by atoms with E-state index in [1.165, 1.54) is 24.3 Å². The summed E-state index contributed by atoms with van der Waals surface area (Å²) in [5.41, 5.74) is 0.920. The third-order valence-corrected chi connectivity index (χ3v) is 4.46. The van der Waals surface area contributed by atoms with Gasteiger partial charge in [0.15, 0.2) is 6.17 Å². The zero-order valence-electron chi connectivity index (χ0n) is 17.2. The Morgan fingerprint density at radius 1 is 1.06 bits per heavy atom. The Morgan fingerprint density at radius 2 is 1.65 bits per heavy atom. The number of aliphatic hydroxyl groups is 1. The van der Waals surface area contributed by atoms with Gasteiger partial charge in [-0.1, -0.05) is 12.1 Å². The van der Waals surface area contributed by atoms with Gasteiger partial charge in [-0.2, -0.15) is 0 Å². The van der Waals surface area contributed by atoms with Crippen molar-refractivity contribution in [3.63, 3.8) is 0 Å². The molecule has 0 aliphatic rings. The summed E-state index contributed by atoms with van der Waals surface area (Å²) in [6.07, 6.45) is -0.957. The summed E-state index contributed by atoms with van der Waals surface area (Å²) in [4.78, 5) is 28.1. The predicted molar refractivity (Wildman–Crippen MR) is 113 cm³/mol. The van der Waals surface area contributed by atoms with Gasteiger partial charge >= 0.3 is 0 Å². The molecule has 0 fully saturated rings. The number of hydrogen-bond donors (Lipinski definition) is 4. The topological polar surface area (TPSA) is 115 Å². The number of halogens is 2. The van der Waals surface area contributed by atoms with Crippen LogP contribution in [0, 0.1) is 16.5 Å². The number of nitroso groups, excluding NO2 is 1. The summed E-state index contributed by atoms with van der Waals surface area (Å²) in [6, 6.07) is 9.87. The van der Waals surface area contributed by atoms with E-state index < -0.39 is 23.9 Å². The fraction of sp³-hybridized carbons (Fsp3) is 0.333. The first-order valence-electron chi connectivity index (χ1n) is 9.63. The molecule has 0 aliphatic carbocycles. The van der Waals surface area contributed by atoms with E-state index in [4.69, 9.17) is 0 Å². The summed E-state index contributed by atoms with van der Waals surface area (Å²) in [5.74, 6) is -1.50.